The van der Waals surface area contributed by atoms with Crippen LogP contribution in [-0.4, -0.2) is 5.91 Å². The number of amides is 1. The van der Waals surface area contributed by atoms with E-state index in [0.717, 1.165) is 11.1 Å². The van der Waals surface area contributed by atoms with Gasteiger partial charge in [0.1, 0.15) is 12.4 Å². The molecule has 0 aliphatic heterocycles. The summed E-state index contributed by atoms with van der Waals surface area (Å²) in [5.74, 6) is 0.0847. The lowest BCUT2D eigenvalue weighted by molar-refractivity contribution is 0.0999. The topological polar surface area (TPSA) is 76.1 Å². The molecule has 4 nitrogen and oxygen atoms in total. The fourth-order valence-corrected chi connectivity index (χ4v) is 2.02. The number of hydrogen-bond donors (Lipinski definition) is 1. The molecule has 2 aromatic rings. The van der Waals surface area contributed by atoms with E-state index in [0.29, 0.717) is 30.8 Å². The summed E-state index contributed by atoms with van der Waals surface area (Å²) in [7, 11) is 0. The van der Waals surface area contributed by atoms with E-state index >= 15 is 0 Å². The second kappa shape index (κ2) is 7.11. The van der Waals surface area contributed by atoms with Crippen LogP contribution in [-0.2, 0) is 13.0 Å². The van der Waals surface area contributed by atoms with Crippen molar-refractivity contribution in [3.05, 3.63) is 65.2 Å². The van der Waals surface area contributed by atoms with E-state index in [1.165, 1.54) is 0 Å². The molecule has 0 saturated heterocycles. The second-order valence-corrected chi connectivity index (χ2v) is 4.62. The maximum Gasteiger partial charge on any atom is 0.249 e. The molecule has 0 saturated carbocycles. The zero-order valence-electron chi connectivity index (χ0n) is 11.6. The minimum absolute atomic E-state index is 0.352. The number of nitrogens with zero attached hydrogens (tertiary/aromatic N) is 1. The summed E-state index contributed by atoms with van der Waals surface area (Å²) < 4.78 is 5.67. The number of carbonyl (C=O) groups is 1. The lowest BCUT2D eigenvalue weighted by atomic mass is 10.0. The molecule has 0 heterocycles. The first kappa shape index (κ1) is 14.6. The van der Waals surface area contributed by atoms with Gasteiger partial charge in [0.25, 0.3) is 0 Å². The zero-order chi connectivity index (χ0) is 15.1. The number of nitriles is 1. The normalized spacial score (nSPS) is 9.86. The Bertz CT molecular complexity index is 660. The van der Waals surface area contributed by atoms with Crippen LogP contribution in [0.1, 0.15) is 27.9 Å². The van der Waals surface area contributed by atoms with Gasteiger partial charge in [0.15, 0.2) is 0 Å². The zero-order valence-corrected chi connectivity index (χ0v) is 11.6. The Morgan fingerprint density at radius 2 is 1.95 bits per heavy atom. The average molecular weight is 280 g/mol. The molecule has 0 aliphatic rings. The lowest BCUT2D eigenvalue weighted by Crippen LogP contribution is -2.14. The number of benzene rings is 2. The van der Waals surface area contributed by atoms with Crippen LogP contribution in [0.5, 0.6) is 5.75 Å². The van der Waals surface area contributed by atoms with Crippen LogP contribution in [0.25, 0.3) is 0 Å². The van der Waals surface area contributed by atoms with Crippen molar-refractivity contribution in [2.24, 2.45) is 5.73 Å². The van der Waals surface area contributed by atoms with Crippen molar-refractivity contribution in [3.63, 3.8) is 0 Å². The molecule has 0 fully saturated rings. The lowest BCUT2D eigenvalue weighted by Gasteiger charge is -2.10. The molecule has 21 heavy (non-hydrogen) atoms. The summed E-state index contributed by atoms with van der Waals surface area (Å²) in [6, 6.07) is 17.0. The summed E-state index contributed by atoms with van der Waals surface area (Å²) in [5, 5.41) is 8.63. The summed E-state index contributed by atoms with van der Waals surface area (Å²) in [4.78, 5) is 11.5. The molecule has 0 aliphatic carbocycles. The molecule has 0 bridgehead atoms. The SMILES string of the molecule is N#CCCc1ccc(OCc2ccccc2)cc1C(N)=O. The summed E-state index contributed by atoms with van der Waals surface area (Å²) in [5.41, 5.74) is 7.62. The van der Waals surface area contributed by atoms with E-state index < -0.39 is 5.91 Å². The Kier molecular flexibility index (Phi) is 4.94. The molecule has 0 radical (unpaired) electrons. The molecule has 2 rings (SSSR count). The van der Waals surface area contributed by atoms with Crippen LogP contribution in [0.2, 0.25) is 0 Å². The fourth-order valence-electron chi connectivity index (χ4n) is 2.02. The summed E-state index contributed by atoms with van der Waals surface area (Å²) in [6.07, 6.45) is 0.859. The van der Waals surface area contributed by atoms with Gasteiger partial charge in [-0.2, -0.15) is 5.26 Å². The highest BCUT2D eigenvalue weighted by Crippen LogP contribution is 2.20. The van der Waals surface area contributed by atoms with Crippen LogP contribution in [0.4, 0.5) is 0 Å². The van der Waals surface area contributed by atoms with Crippen molar-refractivity contribution in [1.29, 1.82) is 5.26 Å². The van der Waals surface area contributed by atoms with Crippen LogP contribution in [0.3, 0.4) is 0 Å². The molecule has 0 unspecified atom stereocenters. The van der Waals surface area contributed by atoms with Crippen molar-refractivity contribution in [3.8, 4) is 11.8 Å². The van der Waals surface area contributed by atoms with Crippen LogP contribution in [0, 0.1) is 11.3 Å². The Morgan fingerprint density at radius 1 is 1.19 bits per heavy atom. The van der Waals surface area contributed by atoms with Gasteiger partial charge in [0, 0.05) is 12.0 Å². The van der Waals surface area contributed by atoms with Crippen LogP contribution >= 0.6 is 0 Å². The highest BCUT2D eigenvalue weighted by atomic mass is 16.5. The first-order chi connectivity index (χ1) is 10.2. The molecule has 0 spiro atoms. The number of aryl methyl sites for hydroxylation is 1. The predicted molar refractivity (Wildman–Crippen MR) is 79.7 cm³/mol. The number of hydrogen-bond acceptors (Lipinski definition) is 3. The molecule has 1 amide bonds. The van der Waals surface area contributed by atoms with Gasteiger partial charge in [-0.15, -0.1) is 0 Å². The van der Waals surface area contributed by atoms with E-state index in [9.17, 15) is 4.79 Å². The van der Waals surface area contributed by atoms with Crippen LogP contribution < -0.4 is 10.5 Å². The minimum atomic E-state index is -0.506. The second-order valence-electron chi connectivity index (χ2n) is 4.62. The first-order valence-electron chi connectivity index (χ1n) is 6.67. The van der Waals surface area contributed by atoms with Gasteiger partial charge in [-0.1, -0.05) is 36.4 Å². The third kappa shape index (κ3) is 4.08. The van der Waals surface area contributed by atoms with Gasteiger partial charge in [0.05, 0.1) is 6.07 Å². The van der Waals surface area contributed by atoms with Crippen molar-refractivity contribution in [2.45, 2.75) is 19.4 Å². The fraction of sp³-hybridized carbons (Fsp3) is 0.176. The highest BCUT2D eigenvalue weighted by molar-refractivity contribution is 5.94. The van der Waals surface area contributed by atoms with E-state index in [1.807, 2.05) is 30.3 Å². The smallest absolute Gasteiger partial charge is 0.249 e. The Labute approximate surface area is 123 Å². The maximum atomic E-state index is 11.5. The number of rotatable bonds is 6. The quantitative estimate of drug-likeness (QED) is 0.884. The third-order valence-corrected chi connectivity index (χ3v) is 3.10. The van der Waals surface area contributed by atoms with Crippen molar-refractivity contribution >= 4 is 5.91 Å². The van der Waals surface area contributed by atoms with E-state index in [4.69, 9.17) is 15.7 Å². The summed E-state index contributed by atoms with van der Waals surface area (Å²) >= 11 is 0. The van der Waals surface area contributed by atoms with Crippen molar-refractivity contribution in [1.82, 2.24) is 0 Å². The molecular weight excluding hydrogens is 264 g/mol. The Morgan fingerprint density at radius 3 is 2.62 bits per heavy atom. The maximum absolute atomic E-state index is 11.5. The average Bonchev–Trinajstić information content (AvgIpc) is 2.52. The number of primary amides is 1. The largest absolute Gasteiger partial charge is 0.489 e. The highest BCUT2D eigenvalue weighted by Gasteiger charge is 2.10. The van der Waals surface area contributed by atoms with Gasteiger partial charge < -0.3 is 10.5 Å². The molecule has 0 aromatic heterocycles. The van der Waals surface area contributed by atoms with Gasteiger partial charge in [-0.25, -0.2) is 0 Å². The number of ether oxygens (including phenoxy) is 1. The van der Waals surface area contributed by atoms with Crippen molar-refractivity contribution in [2.75, 3.05) is 0 Å². The monoisotopic (exact) mass is 280 g/mol. The molecule has 4 heteroatoms. The molecule has 0 atom stereocenters. The number of carbonyl (C=O) groups excluding carboxylic acids is 1. The van der Waals surface area contributed by atoms with Crippen LogP contribution in [0.15, 0.2) is 48.5 Å². The van der Waals surface area contributed by atoms with Gasteiger partial charge >= 0.3 is 0 Å². The van der Waals surface area contributed by atoms with E-state index in [2.05, 4.69) is 6.07 Å². The van der Waals surface area contributed by atoms with E-state index in [-0.39, 0.29) is 0 Å². The third-order valence-electron chi connectivity index (χ3n) is 3.10. The first-order valence-corrected chi connectivity index (χ1v) is 6.67. The number of nitrogens with two attached hydrogens (primary N) is 1. The molecular formula is C17H16N2O2. The molecule has 2 aromatic carbocycles. The van der Waals surface area contributed by atoms with Gasteiger partial charge in [-0.3, -0.25) is 4.79 Å². The molecule has 2 N–H and O–H groups in total. The van der Waals surface area contributed by atoms with Gasteiger partial charge in [-0.05, 0) is 29.7 Å². The van der Waals surface area contributed by atoms with Gasteiger partial charge in [0.2, 0.25) is 5.91 Å². The summed E-state index contributed by atoms with van der Waals surface area (Å²) in [6.45, 7) is 0.427. The van der Waals surface area contributed by atoms with E-state index in [1.54, 1.807) is 18.2 Å². The molecule has 106 valence electrons. The Balaban J connectivity index is 2.12. The predicted octanol–water partition coefficient (Wildman–Crippen LogP) is 2.82. The van der Waals surface area contributed by atoms with Crippen molar-refractivity contribution < 1.29 is 9.53 Å². The minimum Gasteiger partial charge on any atom is -0.489 e. The standard InChI is InChI=1S/C17H16N2O2/c18-10-4-7-14-8-9-15(11-16(14)17(19)20)21-12-13-5-2-1-3-6-13/h1-3,5-6,8-9,11H,4,7,12H2,(H2,19,20). The Hall–Kier alpha value is -2.80.